The van der Waals surface area contributed by atoms with Crippen LogP contribution >= 0.6 is 11.6 Å². The maximum Gasteiger partial charge on any atom is 0.255 e. The first-order valence-corrected chi connectivity index (χ1v) is 12.9. The normalized spacial score (nSPS) is 13.2. The molecule has 2 heterocycles. The summed E-state index contributed by atoms with van der Waals surface area (Å²) in [6.07, 6.45) is 5.80. The zero-order valence-corrected chi connectivity index (χ0v) is 23.3. The van der Waals surface area contributed by atoms with Crippen molar-refractivity contribution in [2.45, 2.75) is 33.1 Å². The molecular weight excluding hydrogens is 507 g/mol. The molecule has 1 amide bonds. The summed E-state index contributed by atoms with van der Waals surface area (Å²) in [6.45, 7) is 5.11. The van der Waals surface area contributed by atoms with E-state index in [4.69, 9.17) is 11.6 Å². The number of halogens is 2. The van der Waals surface area contributed by atoms with Gasteiger partial charge in [-0.3, -0.25) is 19.0 Å². The van der Waals surface area contributed by atoms with Crippen molar-refractivity contribution in [3.63, 3.8) is 0 Å². The van der Waals surface area contributed by atoms with Crippen LogP contribution in [0.15, 0.2) is 42.6 Å². The van der Waals surface area contributed by atoms with Gasteiger partial charge in [-0.05, 0) is 76.2 Å². The molecule has 0 unspecified atom stereocenters. The lowest BCUT2D eigenvalue weighted by Crippen LogP contribution is -2.39. The van der Waals surface area contributed by atoms with Gasteiger partial charge in [-0.2, -0.15) is 5.26 Å². The number of hydrogen-bond donors (Lipinski definition) is 0. The Kier molecular flexibility index (Phi) is 11.6. The predicted molar refractivity (Wildman–Crippen MR) is 148 cm³/mol. The molecule has 7 nitrogen and oxygen atoms in total. The fourth-order valence-corrected chi connectivity index (χ4v) is 4.46. The Morgan fingerprint density at radius 3 is 2.21 bits per heavy atom. The number of hydrogen-bond acceptors (Lipinski definition) is 5. The van der Waals surface area contributed by atoms with E-state index in [0.717, 1.165) is 29.4 Å². The average molecular weight is 541 g/mol. The van der Waals surface area contributed by atoms with Crippen LogP contribution in [0.3, 0.4) is 0 Å². The summed E-state index contributed by atoms with van der Waals surface area (Å²) in [4.78, 5) is 39.9. The van der Waals surface area contributed by atoms with Crippen LogP contribution < -0.4 is 0 Å². The topological polar surface area (TPSA) is 86.4 Å². The molecule has 1 saturated heterocycles. The molecule has 0 saturated carbocycles. The van der Waals surface area contributed by atoms with Gasteiger partial charge in [-0.25, -0.2) is 4.39 Å². The van der Waals surface area contributed by atoms with Crippen LogP contribution in [0.2, 0.25) is 5.02 Å². The Morgan fingerprint density at radius 1 is 1.11 bits per heavy atom. The van der Waals surface area contributed by atoms with Gasteiger partial charge in [0.2, 0.25) is 5.78 Å². The molecule has 0 radical (unpaired) electrons. The van der Waals surface area contributed by atoms with Gasteiger partial charge in [-0.15, -0.1) is 0 Å². The number of likely N-dealkylation sites (tertiary alicyclic amines) is 1. The lowest BCUT2D eigenvalue weighted by atomic mass is 9.90. The SMILES string of the molecule is CC.CN(C)C.N#Cn1cc(C(=O)C=O)c2cc(C(=O)N3CCC(Cc4ccc(F)cc4)CC3)c(Cl)cc21. The lowest BCUT2D eigenvalue weighted by molar-refractivity contribution is -0.104. The number of nitriles is 1. The molecule has 2 aromatic carbocycles. The first-order valence-electron chi connectivity index (χ1n) is 12.5. The number of Topliss-reactive ketones (excluding diaryl/α,β-unsaturated/α-hetero) is 1. The standard InChI is InChI=1S/C24H19ClFN3O3.C3H9N.C2H6/c25-21-11-22-18(20(23(31)13-30)12-29(22)14-27)10-19(21)24(32)28-7-5-16(6-8-28)9-15-1-3-17(26)4-2-15;1-4(2)3;1-2/h1-4,10-13,16H,5-9H2;1-3H3;1-2H3. The van der Waals surface area contributed by atoms with Gasteiger partial charge in [0.15, 0.2) is 12.5 Å². The number of fused-ring (bicyclic) bond motifs is 1. The van der Waals surface area contributed by atoms with Crippen LogP contribution in [0.5, 0.6) is 0 Å². The van der Waals surface area contributed by atoms with Crippen LogP contribution in [0, 0.1) is 23.2 Å². The summed E-state index contributed by atoms with van der Waals surface area (Å²) < 4.78 is 14.2. The molecule has 1 aliphatic heterocycles. The summed E-state index contributed by atoms with van der Waals surface area (Å²) >= 11 is 6.36. The van der Waals surface area contributed by atoms with E-state index in [2.05, 4.69) is 0 Å². The van der Waals surface area contributed by atoms with Crippen LogP contribution in [0.4, 0.5) is 4.39 Å². The molecule has 1 fully saturated rings. The van der Waals surface area contributed by atoms with Crippen molar-refractivity contribution in [2.24, 2.45) is 5.92 Å². The Hall–Kier alpha value is -3.54. The molecule has 4 rings (SSSR count). The number of aromatic nitrogens is 1. The molecule has 0 spiro atoms. The molecule has 1 aromatic heterocycles. The minimum absolute atomic E-state index is 0.0558. The van der Waals surface area contributed by atoms with Crippen molar-refractivity contribution in [3.05, 3.63) is 70.1 Å². The van der Waals surface area contributed by atoms with Gasteiger partial charge in [0, 0.05) is 24.7 Å². The van der Waals surface area contributed by atoms with Gasteiger partial charge < -0.3 is 9.80 Å². The minimum Gasteiger partial charge on any atom is -0.339 e. The highest BCUT2D eigenvalue weighted by atomic mass is 35.5. The maximum absolute atomic E-state index is 13.2. The molecule has 202 valence electrons. The fraction of sp³-hybridized carbons (Fsp3) is 0.379. The van der Waals surface area contributed by atoms with E-state index in [-0.39, 0.29) is 34.2 Å². The third kappa shape index (κ3) is 7.73. The van der Waals surface area contributed by atoms with E-state index in [0.29, 0.717) is 29.9 Å². The second kappa shape index (κ2) is 14.4. The van der Waals surface area contributed by atoms with E-state index in [1.807, 2.05) is 46.1 Å². The largest absolute Gasteiger partial charge is 0.339 e. The van der Waals surface area contributed by atoms with E-state index in [9.17, 15) is 24.0 Å². The minimum atomic E-state index is -0.772. The lowest BCUT2D eigenvalue weighted by Gasteiger charge is -2.32. The van der Waals surface area contributed by atoms with E-state index in [1.54, 1.807) is 17.0 Å². The van der Waals surface area contributed by atoms with Gasteiger partial charge in [-0.1, -0.05) is 37.6 Å². The third-order valence-corrected chi connectivity index (χ3v) is 6.26. The maximum atomic E-state index is 13.2. The number of carbonyl (C=O) groups excluding carboxylic acids is 3. The third-order valence-electron chi connectivity index (χ3n) is 5.94. The zero-order valence-electron chi connectivity index (χ0n) is 22.5. The summed E-state index contributed by atoms with van der Waals surface area (Å²) in [6, 6.07) is 9.43. The molecule has 38 heavy (non-hydrogen) atoms. The van der Waals surface area contributed by atoms with Crippen molar-refractivity contribution in [2.75, 3.05) is 34.2 Å². The summed E-state index contributed by atoms with van der Waals surface area (Å²) in [5, 5.41) is 9.81. The molecule has 0 aliphatic carbocycles. The van der Waals surface area contributed by atoms with Crippen molar-refractivity contribution in [1.82, 2.24) is 14.4 Å². The Morgan fingerprint density at radius 2 is 1.68 bits per heavy atom. The first kappa shape index (κ1) is 30.7. The monoisotopic (exact) mass is 540 g/mol. The molecule has 9 heteroatoms. The Balaban J connectivity index is 0.000000773. The number of ketones is 1. The average Bonchev–Trinajstić information content (AvgIpc) is 3.27. The van der Waals surface area contributed by atoms with Crippen LogP contribution in [-0.4, -0.2) is 66.6 Å². The highest BCUT2D eigenvalue weighted by Crippen LogP contribution is 2.30. The molecular formula is C29H34ClFN4O3. The van der Waals surface area contributed by atoms with Crippen LogP contribution in [0.1, 0.15) is 53.0 Å². The first-order chi connectivity index (χ1) is 18.1. The van der Waals surface area contributed by atoms with Gasteiger partial charge >= 0.3 is 0 Å². The number of piperidine rings is 1. The van der Waals surface area contributed by atoms with Crippen molar-refractivity contribution in [1.29, 1.82) is 5.26 Å². The van der Waals surface area contributed by atoms with E-state index in [1.165, 1.54) is 30.5 Å². The smallest absolute Gasteiger partial charge is 0.255 e. The number of carbonyl (C=O) groups is 3. The Labute approximate surface area is 228 Å². The molecule has 0 bridgehead atoms. The van der Waals surface area contributed by atoms with Crippen molar-refractivity contribution >= 4 is 40.5 Å². The van der Waals surface area contributed by atoms with E-state index >= 15 is 0 Å². The molecule has 0 atom stereocenters. The van der Waals surface area contributed by atoms with Crippen molar-refractivity contribution in [3.8, 4) is 6.19 Å². The number of nitrogens with zero attached hydrogens (tertiary/aromatic N) is 4. The van der Waals surface area contributed by atoms with Crippen LogP contribution in [-0.2, 0) is 11.2 Å². The van der Waals surface area contributed by atoms with Gasteiger partial charge in [0.1, 0.15) is 5.82 Å². The summed E-state index contributed by atoms with van der Waals surface area (Å²) in [5.41, 5.74) is 1.71. The van der Waals surface area contributed by atoms with Crippen molar-refractivity contribution < 1.29 is 18.8 Å². The summed E-state index contributed by atoms with van der Waals surface area (Å²) in [5.74, 6) is -0.896. The van der Waals surface area contributed by atoms with Crippen LogP contribution in [0.25, 0.3) is 10.9 Å². The van der Waals surface area contributed by atoms with Gasteiger partial charge in [0.05, 0.1) is 21.7 Å². The number of rotatable bonds is 5. The second-order valence-corrected chi connectivity index (χ2v) is 9.66. The number of aldehydes is 1. The molecule has 0 N–H and O–H groups in total. The predicted octanol–water partition coefficient (Wildman–Crippen LogP) is 5.44. The zero-order chi connectivity index (χ0) is 28.4. The number of benzene rings is 2. The number of amides is 1. The second-order valence-electron chi connectivity index (χ2n) is 9.25. The molecule has 3 aromatic rings. The van der Waals surface area contributed by atoms with Gasteiger partial charge in [0.25, 0.3) is 5.91 Å². The highest BCUT2D eigenvalue weighted by molar-refractivity contribution is 6.38. The Bertz CT molecular complexity index is 1300. The quantitative estimate of drug-likeness (QED) is 0.244. The highest BCUT2D eigenvalue weighted by Gasteiger charge is 2.26. The fourth-order valence-electron chi connectivity index (χ4n) is 4.22. The summed E-state index contributed by atoms with van der Waals surface area (Å²) in [7, 11) is 6.00. The molecule has 1 aliphatic rings. The van der Waals surface area contributed by atoms with E-state index < -0.39 is 5.78 Å².